The minimum atomic E-state index is -0.348. The van der Waals surface area contributed by atoms with Gasteiger partial charge in [0.1, 0.15) is 11.5 Å². The van der Waals surface area contributed by atoms with Gasteiger partial charge in [-0.1, -0.05) is 0 Å². The van der Waals surface area contributed by atoms with Gasteiger partial charge in [0.25, 0.3) is 5.91 Å². The van der Waals surface area contributed by atoms with Gasteiger partial charge in [-0.3, -0.25) is 4.79 Å². The maximum absolute atomic E-state index is 12.4. The molecule has 2 rings (SSSR count). The number of ether oxygens (including phenoxy) is 2. The van der Waals surface area contributed by atoms with Gasteiger partial charge in [-0.25, -0.2) is 5.43 Å². The first-order chi connectivity index (χ1) is 11.9. The Labute approximate surface area is 155 Å². The number of halogens is 1. The minimum Gasteiger partial charge on any atom is -0.493 e. The van der Waals surface area contributed by atoms with Crippen LogP contribution in [0.25, 0.3) is 0 Å². The molecule has 0 saturated heterocycles. The number of methoxy groups -OCH3 is 1. The van der Waals surface area contributed by atoms with Crippen LogP contribution in [0.2, 0.25) is 0 Å². The van der Waals surface area contributed by atoms with Gasteiger partial charge in [-0.05, 0) is 61.8 Å². The molecule has 1 aromatic heterocycles. The largest absolute Gasteiger partial charge is 0.493 e. The second-order valence-corrected chi connectivity index (χ2v) is 6.24. The van der Waals surface area contributed by atoms with Crippen molar-refractivity contribution >= 4 is 27.5 Å². The number of aryl methyl sites for hydroxylation is 2. The summed E-state index contributed by atoms with van der Waals surface area (Å²) in [6.07, 6.45) is 0. The number of furan rings is 1. The molecule has 1 amide bonds. The van der Waals surface area contributed by atoms with E-state index in [1.165, 1.54) is 7.11 Å². The molecule has 0 saturated carbocycles. The van der Waals surface area contributed by atoms with Crippen LogP contribution in [0.15, 0.2) is 32.2 Å². The second-order valence-electron chi connectivity index (χ2n) is 5.39. The summed E-state index contributed by atoms with van der Waals surface area (Å²) in [6, 6.07) is 5.17. The fourth-order valence-electron chi connectivity index (χ4n) is 2.38. The summed E-state index contributed by atoms with van der Waals surface area (Å²) in [4.78, 5) is 12.4. The van der Waals surface area contributed by atoms with Gasteiger partial charge in [-0.2, -0.15) is 5.10 Å². The average Bonchev–Trinajstić information content (AvgIpc) is 2.92. The normalized spacial score (nSPS) is 11.4. The molecule has 0 aliphatic rings. The van der Waals surface area contributed by atoms with Crippen molar-refractivity contribution in [1.82, 2.24) is 5.43 Å². The number of carbonyl (C=O) groups excluding carboxylic acids is 1. The smallest absolute Gasteiger partial charge is 0.271 e. The molecule has 7 heteroatoms. The van der Waals surface area contributed by atoms with Crippen molar-refractivity contribution < 1.29 is 18.7 Å². The summed E-state index contributed by atoms with van der Waals surface area (Å²) in [7, 11) is 1.53. The highest BCUT2D eigenvalue weighted by atomic mass is 79.9. The van der Waals surface area contributed by atoms with E-state index in [2.05, 4.69) is 26.5 Å². The molecule has 1 N–H and O–H groups in total. The lowest BCUT2D eigenvalue weighted by molar-refractivity contribution is 0.0954. The molecule has 0 aliphatic heterocycles. The molecule has 1 aromatic carbocycles. The number of hydrazone groups is 1. The summed E-state index contributed by atoms with van der Waals surface area (Å²) < 4.78 is 16.9. The first-order valence-corrected chi connectivity index (χ1v) is 8.59. The van der Waals surface area contributed by atoms with Crippen LogP contribution in [0, 0.1) is 13.8 Å². The molecule has 0 spiro atoms. The molecule has 134 valence electrons. The minimum absolute atomic E-state index is 0.348. The Morgan fingerprint density at radius 1 is 1.32 bits per heavy atom. The van der Waals surface area contributed by atoms with Gasteiger partial charge < -0.3 is 13.9 Å². The molecule has 1 heterocycles. The fraction of sp³-hybridized carbons (Fsp3) is 0.333. The molecular formula is C18H21BrN2O4. The lowest BCUT2D eigenvalue weighted by Crippen LogP contribution is -2.19. The van der Waals surface area contributed by atoms with E-state index < -0.39 is 0 Å². The standard InChI is InChI=1S/C18H21BrN2O4/c1-6-24-17-15(19)8-13(9-16(17)23-5)18(22)21-20-11(3)14-7-10(2)25-12(14)4/h7-9H,6H2,1-5H3,(H,21,22)/b20-11-. The Balaban J connectivity index is 2.22. The van der Waals surface area contributed by atoms with Crippen LogP contribution in [-0.2, 0) is 0 Å². The summed E-state index contributed by atoms with van der Waals surface area (Å²) in [6.45, 7) is 7.91. The Bertz CT molecular complexity index is 812. The highest BCUT2D eigenvalue weighted by Crippen LogP contribution is 2.36. The molecule has 0 radical (unpaired) electrons. The highest BCUT2D eigenvalue weighted by molar-refractivity contribution is 9.10. The van der Waals surface area contributed by atoms with Crippen molar-refractivity contribution in [3.8, 4) is 11.5 Å². The summed E-state index contributed by atoms with van der Waals surface area (Å²) in [5.41, 5.74) is 4.49. The third-order valence-electron chi connectivity index (χ3n) is 3.54. The van der Waals surface area contributed by atoms with E-state index in [1.807, 2.05) is 33.8 Å². The number of amides is 1. The zero-order chi connectivity index (χ0) is 18.6. The third-order valence-corrected chi connectivity index (χ3v) is 4.13. The van der Waals surface area contributed by atoms with Gasteiger partial charge in [0.05, 0.1) is 23.9 Å². The molecule has 0 atom stereocenters. The molecule has 25 heavy (non-hydrogen) atoms. The van der Waals surface area contributed by atoms with E-state index in [0.29, 0.717) is 33.9 Å². The Morgan fingerprint density at radius 2 is 2.04 bits per heavy atom. The summed E-state index contributed by atoms with van der Waals surface area (Å²) in [5.74, 6) is 2.25. The maximum atomic E-state index is 12.4. The highest BCUT2D eigenvalue weighted by Gasteiger charge is 2.15. The SMILES string of the molecule is CCOc1c(Br)cc(C(=O)N/N=C(/C)c2cc(C)oc2C)cc1OC. The summed E-state index contributed by atoms with van der Waals surface area (Å²) in [5, 5.41) is 4.16. The second kappa shape index (κ2) is 8.20. The number of nitrogens with one attached hydrogen (secondary N) is 1. The Hall–Kier alpha value is -2.28. The van der Waals surface area contributed by atoms with E-state index in [0.717, 1.165) is 17.1 Å². The fourth-order valence-corrected chi connectivity index (χ4v) is 2.94. The predicted octanol–water partition coefficient (Wildman–Crippen LogP) is 4.22. The van der Waals surface area contributed by atoms with Crippen molar-refractivity contribution in [3.05, 3.63) is 45.3 Å². The quantitative estimate of drug-likeness (QED) is 0.573. The zero-order valence-electron chi connectivity index (χ0n) is 14.9. The molecule has 0 unspecified atom stereocenters. The average molecular weight is 409 g/mol. The lowest BCUT2D eigenvalue weighted by Gasteiger charge is -2.12. The van der Waals surface area contributed by atoms with Gasteiger partial charge in [0, 0.05) is 11.1 Å². The Kier molecular flexibility index (Phi) is 6.25. The van der Waals surface area contributed by atoms with Crippen molar-refractivity contribution in [2.75, 3.05) is 13.7 Å². The van der Waals surface area contributed by atoms with Crippen molar-refractivity contribution in [2.45, 2.75) is 27.7 Å². The van der Waals surface area contributed by atoms with Gasteiger partial charge in [0.2, 0.25) is 0 Å². The molecule has 0 aliphatic carbocycles. The number of benzene rings is 1. The molecular weight excluding hydrogens is 388 g/mol. The number of rotatable bonds is 6. The molecule has 6 nitrogen and oxygen atoms in total. The van der Waals surface area contributed by atoms with Crippen LogP contribution in [0.3, 0.4) is 0 Å². The lowest BCUT2D eigenvalue weighted by atomic mass is 10.1. The van der Waals surface area contributed by atoms with Crippen LogP contribution in [0.4, 0.5) is 0 Å². The number of hydrogen-bond donors (Lipinski definition) is 1. The van der Waals surface area contributed by atoms with E-state index in [-0.39, 0.29) is 5.91 Å². The van der Waals surface area contributed by atoms with Crippen LogP contribution in [0.5, 0.6) is 11.5 Å². The Morgan fingerprint density at radius 3 is 2.60 bits per heavy atom. The number of carbonyl (C=O) groups is 1. The topological polar surface area (TPSA) is 73.1 Å². The number of nitrogens with zero attached hydrogens (tertiary/aromatic N) is 1. The van der Waals surface area contributed by atoms with Crippen molar-refractivity contribution in [3.63, 3.8) is 0 Å². The summed E-state index contributed by atoms with van der Waals surface area (Å²) >= 11 is 3.40. The zero-order valence-corrected chi connectivity index (χ0v) is 16.5. The maximum Gasteiger partial charge on any atom is 0.271 e. The molecule has 0 fully saturated rings. The van der Waals surface area contributed by atoms with Gasteiger partial charge >= 0.3 is 0 Å². The van der Waals surface area contributed by atoms with E-state index in [4.69, 9.17) is 13.9 Å². The molecule has 0 bridgehead atoms. The van der Waals surface area contributed by atoms with Crippen LogP contribution in [0.1, 0.15) is 41.3 Å². The van der Waals surface area contributed by atoms with Crippen molar-refractivity contribution in [2.24, 2.45) is 5.10 Å². The van der Waals surface area contributed by atoms with Gasteiger partial charge in [-0.15, -0.1) is 0 Å². The van der Waals surface area contributed by atoms with Crippen LogP contribution >= 0.6 is 15.9 Å². The van der Waals surface area contributed by atoms with Gasteiger partial charge in [0.15, 0.2) is 11.5 Å². The molecule has 2 aromatic rings. The monoisotopic (exact) mass is 408 g/mol. The number of hydrogen-bond acceptors (Lipinski definition) is 5. The predicted molar refractivity (Wildman–Crippen MR) is 99.7 cm³/mol. The van der Waals surface area contributed by atoms with Crippen LogP contribution in [-0.4, -0.2) is 25.3 Å². The van der Waals surface area contributed by atoms with Crippen molar-refractivity contribution in [1.29, 1.82) is 0 Å². The van der Waals surface area contributed by atoms with Crippen LogP contribution < -0.4 is 14.9 Å². The first kappa shape index (κ1) is 19.1. The van der Waals surface area contributed by atoms with E-state index in [1.54, 1.807) is 12.1 Å². The van der Waals surface area contributed by atoms with E-state index in [9.17, 15) is 4.79 Å². The van der Waals surface area contributed by atoms with E-state index >= 15 is 0 Å². The third kappa shape index (κ3) is 4.42. The first-order valence-electron chi connectivity index (χ1n) is 7.79.